The van der Waals surface area contributed by atoms with Crippen LogP contribution in [0.5, 0.6) is 0 Å². The Morgan fingerprint density at radius 3 is 2.71 bits per heavy atom. The van der Waals surface area contributed by atoms with Crippen LogP contribution in [0.15, 0.2) is 0 Å². The molecular formula is C13H27N3O. The molecule has 0 aromatic carbocycles. The van der Waals surface area contributed by atoms with Crippen molar-refractivity contribution in [2.24, 2.45) is 5.92 Å². The van der Waals surface area contributed by atoms with E-state index in [9.17, 15) is 4.79 Å². The van der Waals surface area contributed by atoms with Crippen LogP contribution < -0.4 is 10.6 Å². The van der Waals surface area contributed by atoms with E-state index in [0.717, 1.165) is 13.1 Å². The summed E-state index contributed by atoms with van der Waals surface area (Å²) in [6.07, 6.45) is 2.39. The summed E-state index contributed by atoms with van der Waals surface area (Å²) >= 11 is 0. The van der Waals surface area contributed by atoms with Crippen LogP contribution in [-0.2, 0) is 4.79 Å². The second-order valence-corrected chi connectivity index (χ2v) is 5.63. The first-order chi connectivity index (χ1) is 7.99. The van der Waals surface area contributed by atoms with Crippen molar-refractivity contribution >= 4 is 5.91 Å². The molecule has 100 valence electrons. The lowest BCUT2D eigenvalue weighted by atomic mass is 10.1. The number of piperidine rings is 1. The quantitative estimate of drug-likeness (QED) is 0.749. The molecule has 1 heterocycles. The van der Waals surface area contributed by atoms with Gasteiger partial charge in [-0.2, -0.15) is 0 Å². The summed E-state index contributed by atoms with van der Waals surface area (Å²) in [4.78, 5) is 14.1. The molecule has 1 rings (SSSR count). The van der Waals surface area contributed by atoms with Crippen molar-refractivity contribution in [1.29, 1.82) is 0 Å². The fourth-order valence-corrected chi connectivity index (χ4v) is 2.19. The normalized spacial score (nSPS) is 23.7. The summed E-state index contributed by atoms with van der Waals surface area (Å²) in [6.45, 7) is 9.14. The third kappa shape index (κ3) is 5.50. The van der Waals surface area contributed by atoms with Crippen LogP contribution >= 0.6 is 0 Å². The van der Waals surface area contributed by atoms with Crippen molar-refractivity contribution in [2.75, 3.05) is 26.7 Å². The van der Waals surface area contributed by atoms with E-state index in [4.69, 9.17) is 0 Å². The monoisotopic (exact) mass is 241 g/mol. The number of likely N-dealkylation sites (tertiary alicyclic amines) is 1. The summed E-state index contributed by atoms with van der Waals surface area (Å²) in [5, 5.41) is 6.39. The molecule has 17 heavy (non-hydrogen) atoms. The number of rotatable bonds is 5. The third-order valence-electron chi connectivity index (χ3n) is 3.19. The van der Waals surface area contributed by atoms with E-state index in [2.05, 4.69) is 36.4 Å². The van der Waals surface area contributed by atoms with Gasteiger partial charge in [0.25, 0.3) is 0 Å². The molecule has 2 atom stereocenters. The van der Waals surface area contributed by atoms with Crippen molar-refractivity contribution < 1.29 is 4.79 Å². The highest BCUT2D eigenvalue weighted by atomic mass is 16.2. The van der Waals surface area contributed by atoms with Crippen LogP contribution in [0.3, 0.4) is 0 Å². The van der Waals surface area contributed by atoms with E-state index in [1.807, 2.05) is 6.92 Å². The van der Waals surface area contributed by atoms with Crippen LogP contribution in [0.4, 0.5) is 0 Å². The van der Waals surface area contributed by atoms with E-state index in [1.165, 1.54) is 19.4 Å². The Hall–Kier alpha value is -0.610. The number of carbonyl (C=O) groups is 1. The molecule has 0 saturated carbocycles. The first-order valence-electron chi connectivity index (χ1n) is 6.71. The van der Waals surface area contributed by atoms with Gasteiger partial charge in [0, 0.05) is 19.1 Å². The minimum Gasteiger partial charge on any atom is -0.354 e. The number of nitrogens with one attached hydrogen (secondary N) is 2. The molecule has 4 nitrogen and oxygen atoms in total. The van der Waals surface area contributed by atoms with Gasteiger partial charge in [0.05, 0.1) is 6.04 Å². The average molecular weight is 241 g/mol. The molecule has 1 saturated heterocycles. The lowest BCUT2D eigenvalue weighted by Crippen LogP contribution is -2.52. The highest BCUT2D eigenvalue weighted by Crippen LogP contribution is 2.08. The van der Waals surface area contributed by atoms with E-state index in [0.29, 0.717) is 12.0 Å². The maximum absolute atomic E-state index is 11.8. The summed E-state index contributed by atoms with van der Waals surface area (Å²) in [5.74, 6) is 0.624. The molecule has 1 fully saturated rings. The van der Waals surface area contributed by atoms with Gasteiger partial charge in [-0.05, 0) is 39.3 Å². The van der Waals surface area contributed by atoms with Gasteiger partial charge in [0.15, 0.2) is 0 Å². The Morgan fingerprint density at radius 2 is 2.12 bits per heavy atom. The molecule has 4 heteroatoms. The van der Waals surface area contributed by atoms with Crippen LogP contribution in [0.25, 0.3) is 0 Å². The zero-order valence-electron chi connectivity index (χ0n) is 11.6. The summed E-state index contributed by atoms with van der Waals surface area (Å²) < 4.78 is 0. The molecule has 1 aliphatic rings. The molecule has 0 aromatic rings. The van der Waals surface area contributed by atoms with E-state index in [1.54, 1.807) is 0 Å². The van der Waals surface area contributed by atoms with Gasteiger partial charge < -0.3 is 15.5 Å². The Labute approximate surface area is 105 Å². The van der Waals surface area contributed by atoms with Gasteiger partial charge in [0.1, 0.15) is 0 Å². The molecule has 2 unspecified atom stereocenters. The molecular weight excluding hydrogens is 214 g/mol. The molecule has 2 N–H and O–H groups in total. The number of amides is 1. The molecule has 1 amide bonds. The lowest BCUT2D eigenvalue weighted by molar-refractivity contribution is -0.123. The smallest absolute Gasteiger partial charge is 0.236 e. The number of carbonyl (C=O) groups excluding carboxylic acids is 1. The summed E-state index contributed by atoms with van der Waals surface area (Å²) in [5.41, 5.74) is 0. The van der Waals surface area contributed by atoms with Crippen molar-refractivity contribution in [1.82, 2.24) is 15.5 Å². The van der Waals surface area contributed by atoms with Crippen molar-refractivity contribution in [3.8, 4) is 0 Å². The highest BCUT2D eigenvalue weighted by molar-refractivity contribution is 5.81. The van der Waals surface area contributed by atoms with Crippen molar-refractivity contribution in [3.05, 3.63) is 0 Å². The van der Waals surface area contributed by atoms with Crippen LogP contribution in [0, 0.1) is 5.92 Å². The Balaban J connectivity index is 2.27. The molecule has 1 aliphatic heterocycles. The fourth-order valence-electron chi connectivity index (χ4n) is 2.19. The summed E-state index contributed by atoms with van der Waals surface area (Å²) in [6, 6.07) is 0.360. The lowest BCUT2D eigenvalue weighted by Gasteiger charge is -2.32. The van der Waals surface area contributed by atoms with E-state index in [-0.39, 0.29) is 11.9 Å². The number of hydrogen-bond acceptors (Lipinski definition) is 3. The van der Waals surface area contributed by atoms with Gasteiger partial charge >= 0.3 is 0 Å². The maximum Gasteiger partial charge on any atom is 0.236 e. The molecule has 0 aliphatic carbocycles. The number of hydrogen-bond donors (Lipinski definition) is 2. The highest BCUT2D eigenvalue weighted by Gasteiger charge is 2.21. The number of likely N-dealkylation sites (N-methyl/N-ethyl adjacent to an activating group) is 1. The van der Waals surface area contributed by atoms with Gasteiger partial charge in [-0.15, -0.1) is 0 Å². The Kier molecular flexibility index (Phi) is 5.92. The van der Waals surface area contributed by atoms with Crippen LogP contribution in [0.1, 0.15) is 33.6 Å². The second kappa shape index (κ2) is 6.97. The minimum atomic E-state index is -0.0924. The Bertz CT molecular complexity index is 243. The predicted octanol–water partition coefficient (Wildman–Crippen LogP) is 0.831. The zero-order valence-corrected chi connectivity index (χ0v) is 11.6. The van der Waals surface area contributed by atoms with Gasteiger partial charge in [-0.3, -0.25) is 4.79 Å². The van der Waals surface area contributed by atoms with Crippen molar-refractivity contribution in [3.63, 3.8) is 0 Å². The van der Waals surface area contributed by atoms with Crippen molar-refractivity contribution in [2.45, 2.75) is 45.7 Å². The zero-order chi connectivity index (χ0) is 12.8. The molecule has 0 spiro atoms. The van der Waals surface area contributed by atoms with Gasteiger partial charge in [-0.25, -0.2) is 0 Å². The van der Waals surface area contributed by atoms with Crippen LogP contribution in [-0.4, -0.2) is 49.6 Å². The standard InChI is InChI=1S/C13H27N3O/c1-10(2)8-14-13(17)11(3)15-12-6-5-7-16(4)9-12/h10-12,15H,5-9H2,1-4H3,(H,14,17). The third-order valence-corrected chi connectivity index (χ3v) is 3.19. The SMILES string of the molecule is CC(C)CNC(=O)C(C)NC1CCCN(C)C1. The van der Waals surface area contributed by atoms with Crippen LogP contribution in [0.2, 0.25) is 0 Å². The predicted molar refractivity (Wildman–Crippen MR) is 71.0 cm³/mol. The van der Waals surface area contributed by atoms with E-state index >= 15 is 0 Å². The van der Waals surface area contributed by atoms with Gasteiger partial charge in [-0.1, -0.05) is 13.8 Å². The largest absolute Gasteiger partial charge is 0.354 e. The first kappa shape index (κ1) is 14.5. The first-order valence-corrected chi connectivity index (χ1v) is 6.71. The maximum atomic E-state index is 11.8. The van der Waals surface area contributed by atoms with Gasteiger partial charge in [0.2, 0.25) is 5.91 Å². The summed E-state index contributed by atoms with van der Waals surface area (Å²) in [7, 11) is 2.14. The minimum absolute atomic E-state index is 0.0924. The molecule has 0 radical (unpaired) electrons. The second-order valence-electron chi connectivity index (χ2n) is 5.63. The van der Waals surface area contributed by atoms with E-state index < -0.39 is 0 Å². The molecule has 0 aromatic heterocycles. The average Bonchev–Trinajstić information content (AvgIpc) is 2.25. The topological polar surface area (TPSA) is 44.4 Å². The number of nitrogens with zero attached hydrogens (tertiary/aromatic N) is 1. The Morgan fingerprint density at radius 1 is 1.41 bits per heavy atom. The fraction of sp³-hybridized carbons (Fsp3) is 0.923. The molecule has 0 bridgehead atoms.